The standard InChI is InChI=1S/C20H18ClF3N4O3/c1-30-12-6-4-11(5-7-12)10-25-19(29)17-16(21)18-26-13(14-3-2-8-31-14)9-15(20(22,23)24)28(18)27-17/h2-8,13,15,26H,9-10H2,1H3,(H,25,29)/t13-,15+/m1/s1. The first kappa shape index (κ1) is 21.1. The Morgan fingerprint density at radius 1 is 1.35 bits per heavy atom. The van der Waals surface area contributed by atoms with Crippen molar-refractivity contribution in [2.75, 3.05) is 12.4 Å². The van der Waals surface area contributed by atoms with E-state index in [2.05, 4.69) is 15.7 Å². The molecule has 0 fully saturated rings. The molecule has 4 rings (SSSR count). The van der Waals surface area contributed by atoms with Crippen LogP contribution in [0.3, 0.4) is 0 Å². The summed E-state index contributed by atoms with van der Waals surface area (Å²) in [5, 5.41) is 9.25. The molecule has 0 bridgehead atoms. The van der Waals surface area contributed by atoms with Crippen molar-refractivity contribution in [1.82, 2.24) is 15.1 Å². The second-order valence-corrected chi connectivity index (χ2v) is 7.37. The van der Waals surface area contributed by atoms with Gasteiger partial charge in [-0.15, -0.1) is 0 Å². The molecule has 0 unspecified atom stereocenters. The van der Waals surface area contributed by atoms with Crippen LogP contribution >= 0.6 is 11.6 Å². The fourth-order valence-electron chi connectivity index (χ4n) is 3.42. The maximum Gasteiger partial charge on any atom is 0.410 e. The third-order valence-corrected chi connectivity index (χ3v) is 5.37. The van der Waals surface area contributed by atoms with Crippen molar-refractivity contribution in [3.8, 4) is 5.75 Å². The highest BCUT2D eigenvalue weighted by Gasteiger charge is 2.48. The number of hydrogen-bond acceptors (Lipinski definition) is 5. The number of carbonyl (C=O) groups excluding carboxylic acids is 1. The molecule has 2 aromatic heterocycles. The van der Waals surface area contributed by atoms with Gasteiger partial charge in [0.05, 0.1) is 19.4 Å². The molecule has 0 saturated carbocycles. The Labute approximate surface area is 180 Å². The van der Waals surface area contributed by atoms with E-state index in [1.54, 1.807) is 36.4 Å². The lowest BCUT2D eigenvalue weighted by atomic mass is 10.0. The molecule has 2 atom stereocenters. The van der Waals surface area contributed by atoms with Crippen LogP contribution in [0, 0.1) is 0 Å². The van der Waals surface area contributed by atoms with E-state index in [-0.39, 0.29) is 29.5 Å². The Balaban J connectivity index is 1.58. The van der Waals surface area contributed by atoms with Crippen molar-refractivity contribution in [2.24, 2.45) is 0 Å². The average Bonchev–Trinajstić information content (AvgIpc) is 3.40. The monoisotopic (exact) mass is 454 g/mol. The molecule has 0 spiro atoms. The highest BCUT2D eigenvalue weighted by molar-refractivity contribution is 6.36. The minimum absolute atomic E-state index is 0.0776. The van der Waals surface area contributed by atoms with E-state index in [1.165, 1.54) is 13.4 Å². The SMILES string of the molecule is COc1ccc(CNC(=O)c2nn3c(c2Cl)N[C@@H](c2ccco2)C[C@H]3C(F)(F)F)cc1. The number of anilines is 1. The first-order valence-electron chi connectivity index (χ1n) is 9.33. The summed E-state index contributed by atoms with van der Waals surface area (Å²) in [6.45, 7) is 0.145. The lowest BCUT2D eigenvalue weighted by molar-refractivity contribution is -0.174. The zero-order valence-electron chi connectivity index (χ0n) is 16.2. The summed E-state index contributed by atoms with van der Waals surface area (Å²) in [7, 11) is 1.54. The Kier molecular flexibility index (Phi) is 5.57. The normalized spacial score (nSPS) is 18.2. The summed E-state index contributed by atoms with van der Waals surface area (Å²) in [4.78, 5) is 12.6. The molecule has 0 aliphatic carbocycles. The highest BCUT2D eigenvalue weighted by atomic mass is 35.5. The van der Waals surface area contributed by atoms with E-state index in [1.807, 2.05) is 0 Å². The van der Waals surface area contributed by atoms with Crippen molar-refractivity contribution in [3.05, 3.63) is 64.7 Å². The van der Waals surface area contributed by atoms with Gasteiger partial charge in [-0.25, -0.2) is 4.68 Å². The van der Waals surface area contributed by atoms with E-state index >= 15 is 0 Å². The van der Waals surface area contributed by atoms with Gasteiger partial charge in [0.15, 0.2) is 11.7 Å². The number of nitrogens with one attached hydrogen (secondary N) is 2. The summed E-state index contributed by atoms with van der Waals surface area (Å²) >= 11 is 6.28. The molecule has 7 nitrogen and oxygen atoms in total. The van der Waals surface area contributed by atoms with Crippen LogP contribution in [0.25, 0.3) is 0 Å². The molecule has 11 heteroatoms. The van der Waals surface area contributed by atoms with Gasteiger partial charge in [-0.05, 0) is 29.8 Å². The molecule has 3 aromatic rings. The van der Waals surface area contributed by atoms with Gasteiger partial charge in [-0.3, -0.25) is 4.79 Å². The van der Waals surface area contributed by atoms with Crippen molar-refractivity contribution >= 4 is 23.3 Å². The predicted molar refractivity (Wildman–Crippen MR) is 106 cm³/mol. The number of nitrogens with zero attached hydrogens (tertiary/aromatic N) is 2. The molecule has 2 N–H and O–H groups in total. The van der Waals surface area contributed by atoms with Gasteiger partial charge in [0.1, 0.15) is 22.4 Å². The van der Waals surface area contributed by atoms with Gasteiger partial charge in [-0.1, -0.05) is 23.7 Å². The van der Waals surface area contributed by atoms with Crippen molar-refractivity contribution in [1.29, 1.82) is 0 Å². The fourth-order valence-corrected chi connectivity index (χ4v) is 3.68. The van der Waals surface area contributed by atoms with Gasteiger partial charge >= 0.3 is 6.18 Å². The van der Waals surface area contributed by atoms with Crippen LogP contribution in [0.1, 0.15) is 40.3 Å². The number of rotatable bonds is 5. The lowest BCUT2D eigenvalue weighted by Crippen LogP contribution is -2.35. The number of furan rings is 1. The quantitative estimate of drug-likeness (QED) is 0.582. The number of carbonyl (C=O) groups is 1. The number of methoxy groups -OCH3 is 1. The minimum Gasteiger partial charge on any atom is -0.497 e. The second-order valence-electron chi connectivity index (χ2n) is 6.99. The molecule has 0 saturated heterocycles. The number of fused-ring (bicyclic) bond motifs is 1. The molecule has 1 aliphatic heterocycles. The topological polar surface area (TPSA) is 81.3 Å². The van der Waals surface area contributed by atoms with Crippen LogP contribution in [0.15, 0.2) is 47.1 Å². The van der Waals surface area contributed by atoms with E-state index < -0.39 is 24.2 Å². The number of aromatic nitrogens is 2. The molecule has 1 aliphatic rings. The first-order valence-corrected chi connectivity index (χ1v) is 9.71. The van der Waals surface area contributed by atoms with Gasteiger partial charge in [-0.2, -0.15) is 18.3 Å². The predicted octanol–water partition coefficient (Wildman–Crippen LogP) is 4.73. The van der Waals surface area contributed by atoms with Gasteiger partial charge in [0, 0.05) is 13.0 Å². The molecule has 3 heterocycles. The van der Waals surface area contributed by atoms with E-state index in [0.29, 0.717) is 11.5 Å². The average molecular weight is 455 g/mol. The fraction of sp³-hybridized carbons (Fsp3) is 0.300. The maximum absolute atomic E-state index is 13.7. The smallest absolute Gasteiger partial charge is 0.410 e. The van der Waals surface area contributed by atoms with Crippen molar-refractivity contribution in [2.45, 2.75) is 31.2 Å². The lowest BCUT2D eigenvalue weighted by Gasteiger charge is -2.32. The minimum atomic E-state index is -4.59. The van der Waals surface area contributed by atoms with Crippen LogP contribution in [0.5, 0.6) is 5.75 Å². The van der Waals surface area contributed by atoms with Gasteiger partial charge < -0.3 is 19.8 Å². The molecule has 31 heavy (non-hydrogen) atoms. The van der Waals surface area contributed by atoms with Crippen molar-refractivity contribution < 1.29 is 27.1 Å². The summed E-state index contributed by atoms with van der Waals surface area (Å²) in [6, 6.07) is 7.42. The summed E-state index contributed by atoms with van der Waals surface area (Å²) in [6.07, 6.45) is -3.56. The van der Waals surface area contributed by atoms with E-state index in [0.717, 1.165) is 10.2 Å². The van der Waals surface area contributed by atoms with Crippen molar-refractivity contribution in [3.63, 3.8) is 0 Å². The van der Waals surface area contributed by atoms with Gasteiger partial charge in [0.25, 0.3) is 5.91 Å². The molecular formula is C20H18ClF3N4O3. The van der Waals surface area contributed by atoms with E-state index in [4.69, 9.17) is 20.8 Å². The first-order chi connectivity index (χ1) is 14.8. The number of alkyl halides is 3. The maximum atomic E-state index is 13.7. The second kappa shape index (κ2) is 8.18. The Bertz CT molecular complexity index is 1060. The number of halogens is 4. The summed E-state index contributed by atoms with van der Waals surface area (Å²) in [5.74, 6) is 0.241. The number of ether oxygens (including phenoxy) is 1. The zero-order chi connectivity index (χ0) is 22.2. The van der Waals surface area contributed by atoms with Crippen LogP contribution in [0.4, 0.5) is 19.0 Å². The number of hydrogen-bond donors (Lipinski definition) is 2. The molecular weight excluding hydrogens is 437 g/mol. The zero-order valence-corrected chi connectivity index (χ0v) is 17.0. The number of benzene rings is 1. The molecule has 0 radical (unpaired) electrons. The third-order valence-electron chi connectivity index (χ3n) is 5.01. The van der Waals surface area contributed by atoms with Crippen LogP contribution in [-0.2, 0) is 6.54 Å². The number of amides is 1. The molecule has 164 valence electrons. The summed E-state index contributed by atoms with van der Waals surface area (Å²) < 4.78 is 52.3. The Hall–Kier alpha value is -3.14. The van der Waals surface area contributed by atoms with Crippen LogP contribution < -0.4 is 15.4 Å². The molecule has 1 aromatic carbocycles. The Morgan fingerprint density at radius 2 is 2.10 bits per heavy atom. The largest absolute Gasteiger partial charge is 0.497 e. The van der Waals surface area contributed by atoms with Crippen LogP contribution in [-0.4, -0.2) is 29.0 Å². The van der Waals surface area contributed by atoms with E-state index in [9.17, 15) is 18.0 Å². The Morgan fingerprint density at radius 3 is 2.71 bits per heavy atom. The van der Waals surface area contributed by atoms with Gasteiger partial charge in [0.2, 0.25) is 0 Å². The van der Waals surface area contributed by atoms with Crippen LogP contribution in [0.2, 0.25) is 5.02 Å². The third kappa shape index (κ3) is 4.20. The molecule has 1 amide bonds. The highest BCUT2D eigenvalue weighted by Crippen LogP contribution is 2.46. The summed E-state index contributed by atoms with van der Waals surface area (Å²) in [5.41, 5.74) is 0.491.